The van der Waals surface area contributed by atoms with Gasteiger partial charge in [0.2, 0.25) is 0 Å². The highest BCUT2D eigenvalue weighted by molar-refractivity contribution is 6.06. The molecule has 6 nitrogen and oxygen atoms in total. The van der Waals surface area contributed by atoms with E-state index < -0.39 is 5.54 Å². The Labute approximate surface area is 168 Å². The first-order valence-corrected chi connectivity index (χ1v) is 9.57. The second-order valence-electron chi connectivity index (χ2n) is 7.27. The van der Waals surface area contributed by atoms with Gasteiger partial charge in [-0.15, -0.1) is 0 Å². The number of carbonyl (C=O) groups excluding carboxylic acids is 1. The molecule has 2 N–H and O–H groups in total. The van der Waals surface area contributed by atoms with E-state index in [9.17, 15) is 4.79 Å². The predicted molar refractivity (Wildman–Crippen MR) is 110 cm³/mol. The minimum Gasteiger partial charge on any atom is -0.491 e. The largest absolute Gasteiger partial charge is 0.491 e. The topological polar surface area (TPSA) is 79.9 Å². The van der Waals surface area contributed by atoms with Crippen LogP contribution in [0.2, 0.25) is 0 Å². The monoisotopic (exact) mass is 384 g/mol. The second-order valence-corrected chi connectivity index (χ2v) is 7.27. The quantitative estimate of drug-likeness (QED) is 0.564. The fourth-order valence-corrected chi connectivity index (χ4v) is 3.99. The maximum absolute atomic E-state index is 13.5. The van der Waals surface area contributed by atoms with Crippen molar-refractivity contribution in [2.45, 2.75) is 18.9 Å². The summed E-state index contributed by atoms with van der Waals surface area (Å²) in [6, 6.07) is 15.6. The molecule has 0 saturated heterocycles. The molecule has 1 amide bonds. The molecule has 144 valence electrons. The Balaban J connectivity index is 1.65. The van der Waals surface area contributed by atoms with Crippen molar-refractivity contribution in [2.75, 3.05) is 6.61 Å². The molecule has 0 bridgehead atoms. The lowest BCUT2D eigenvalue weighted by Crippen LogP contribution is -2.50. The molecule has 0 spiro atoms. The van der Waals surface area contributed by atoms with E-state index in [1.165, 1.54) is 0 Å². The Bertz CT molecular complexity index is 1200. The van der Waals surface area contributed by atoms with Crippen molar-refractivity contribution in [1.29, 1.82) is 0 Å². The van der Waals surface area contributed by atoms with Gasteiger partial charge in [-0.05, 0) is 36.8 Å². The number of aromatic amines is 1. The van der Waals surface area contributed by atoms with Crippen LogP contribution in [0.25, 0.3) is 11.0 Å². The van der Waals surface area contributed by atoms with Crippen LogP contribution in [-0.2, 0) is 5.54 Å². The third-order valence-electron chi connectivity index (χ3n) is 5.49. The van der Waals surface area contributed by atoms with E-state index in [-0.39, 0.29) is 5.91 Å². The zero-order valence-corrected chi connectivity index (χ0v) is 16.0. The Morgan fingerprint density at radius 2 is 1.97 bits per heavy atom. The number of amides is 1. The number of aromatic nitrogens is 3. The first-order chi connectivity index (χ1) is 14.2. The van der Waals surface area contributed by atoms with Crippen molar-refractivity contribution in [2.24, 2.45) is 0 Å². The summed E-state index contributed by atoms with van der Waals surface area (Å²) in [6.45, 7) is 2.54. The number of nitrogens with one attached hydrogen (secondary N) is 2. The molecule has 5 rings (SSSR count). The molecule has 4 heterocycles. The summed E-state index contributed by atoms with van der Waals surface area (Å²) < 4.78 is 5.84. The molecule has 6 heteroatoms. The number of hydrogen-bond donors (Lipinski definition) is 2. The summed E-state index contributed by atoms with van der Waals surface area (Å²) >= 11 is 0. The SMILES string of the molecule is Cc1ccc([C@@]2(NC(=O)c3ccnc4[nH]ccc34)CCOc3cccnc32)cc1. The molecular formula is C23H20N4O2. The van der Waals surface area contributed by atoms with Crippen molar-refractivity contribution < 1.29 is 9.53 Å². The molecular weight excluding hydrogens is 364 g/mol. The van der Waals surface area contributed by atoms with Crippen molar-refractivity contribution >= 4 is 16.9 Å². The number of carbonyl (C=O) groups is 1. The van der Waals surface area contributed by atoms with Crippen molar-refractivity contribution in [1.82, 2.24) is 20.3 Å². The first-order valence-electron chi connectivity index (χ1n) is 9.57. The third kappa shape index (κ3) is 2.84. The molecule has 1 aliphatic heterocycles. The number of ether oxygens (including phenoxy) is 1. The fourth-order valence-electron chi connectivity index (χ4n) is 3.99. The number of benzene rings is 1. The van der Waals surface area contributed by atoms with Crippen LogP contribution in [0.3, 0.4) is 0 Å². The summed E-state index contributed by atoms with van der Waals surface area (Å²) in [5.74, 6) is 0.525. The molecule has 4 aromatic rings. The number of pyridine rings is 2. The number of nitrogens with zero attached hydrogens (tertiary/aromatic N) is 2. The van der Waals surface area contributed by atoms with Crippen LogP contribution in [0.5, 0.6) is 5.75 Å². The standard InChI is InChI=1S/C23H20N4O2/c1-15-4-6-16(7-5-15)23(10-14-29-19-3-2-11-24-20(19)23)27-22(28)18-9-13-26-21-17(18)8-12-25-21/h2-9,11-13H,10,14H2,1H3,(H,25,26)(H,27,28)/t23-/m0/s1. The Morgan fingerprint density at radius 3 is 2.83 bits per heavy atom. The minimum atomic E-state index is -0.772. The Hall–Kier alpha value is -3.67. The van der Waals surface area contributed by atoms with Gasteiger partial charge in [0, 0.05) is 30.4 Å². The van der Waals surface area contributed by atoms with E-state index in [0.29, 0.717) is 30.0 Å². The van der Waals surface area contributed by atoms with Gasteiger partial charge in [0.25, 0.3) is 5.91 Å². The molecule has 0 aliphatic carbocycles. The van der Waals surface area contributed by atoms with Crippen LogP contribution < -0.4 is 10.1 Å². The summed E-state index contributed by atoms with van der Waals surface area (Å²) in [7, 11) is 0. The Kier molecular flexibility index (Phi) is 4.05. The molecule has 1 aliphatic rings. The molecule has 1 aromatic carbocycles. The zero-order chi connectivity index (χ0) is 19.8. The van der Waals surface area contributed by atoms with E-state index in [0.717, 1.165) is 22.2 Å². The third-order valence-corrected chi connectivity index (χ3v) is 5.49. The van der Waals surface area contributed by atoms with Gasteiger partial charge < -0.3 is 15.0 Å². The fraction of sp³-hybridized carbons (Fsp3) is 0.174. The maximum Gasteiger partial charge on any atom is 0.253 e. The normalized spacial score (nSPS) is 18.1. The van der Waals surface area contributed by atoms with E-state index in [2.05, 4.69) is 44.5 Å². The summed E-state index contributed by atoms with van der Waals surface area (Å²) in [4.78, 5) is 25.4. The van der Waals surface area contributed by atoms with Crippen LogP contribution in [0.1, 0.15) is 33.6 Å². The van der Waals surface area contributed by atoms with E-state index in [4.69, 9.17) is 4.74 Å². The minimum absolute atomic E-state index is 0.170. The first kappa shape index (κ1) is 17.4. The van der Waals surface area contributed by atoms with Crippen LogP contribution in [0.4, 0.5) is 0 Å². The second kappa shape index (κ2) is 6.74. The molecule has 29 heavy (non-hydrogen) atoms. The van der Waals surface area contributed by atoms with Crippen LogP contribution >= 0.6 is 0 Å². The van der Waals surface area contributed by atoms with Crippen molar-refractivity contribution in [3.05, 3.63) is 89.5 Å². The van der Waals surface area contributed by atoms with Gasteiger partial charge in [-0.2, -0.15) is 0 Å². The van der Waals surface area contributed by atoms with Gasteiger partial charge in [-0.25, -0.2) is 4.98 Å². The molecule has 1 atom stereocenters. The van der Waals surface area contributed by atoms with E-state index >= 15 is 0 Å². The number of fused-ring (bicyclic) bond motifs is 2. The van der Waals surface area contributed by atoms with Crippen molar-refractivity contribution in [3.63, 3.8) is 0 Å². The summed E-state index contributed by atoms with van der Waals surface area (Å²) in [5.41, 5.74) is 3.36. The summed E-state index contributed by atoms with van der Waals surface area (Å²) in [5, 5.41) is 4.09. The molecule has 0 fully saturated rings. The number of aryl methyl sites for hydroxylation is 1. The van der Waals surface area contributed by atoms with Gasteiger partial charge in [-0.3, -0.25) is 9.78 Å². The highest BCUT2D eigenvalue weighted by Crippen LogP contribution is 2.40. The van der Waals surface area contributed by atoms with Gasteiger partial charge >= 0.3 is 0 Å². The lowest BCUT2D eigenvalue weighted by atomic mass is 9.81. The lowest BCUT2D eigenvalue weighted by molar-refractivity contribution is 0.0885. The van der Waals surface area contributed by atoms with Gasteiger partial charge in [0.1, 0.15) is 22.6 Å². The van der Waals surface area contributed by atoms with Crippen LogP contribution in [-0.4, -0.2) is 27.5 Å². The number of H-pyrrole nitrogens is 1. The van der Waals surface area contributed by atoms with Gasteiger partial charge in [0.15, 0.2) is 0 Å². The van der Waals surface area contributed by atoms with E-state index in [1.54, 1.807) is 24.7 Å². The average Bonchev–Trinajstić information content (AvgIpc) is 3.23. The predicted octanol–water partition coefficient (Wildman–Crippen LogP) is 3.72. The maximum atomic E-state index is 13.5. The summed E-state index contributed by atoms with van der Waals surface area (Å²) in [6.07, 6.45) is 5.75. The van der Waals surface area contributed by atoms with Gasteiger partial charge in [0.05, 0.1) is 12.2 Å². The molecule has 0 unspecified atom stereocenters. The highest BCUT2D eigenvalue weighted by Gasteiger charge is 2.42. The Morgan fingerprint density at radius 1 is 1.10 bits per heavy atom. The number of rotatable bonds is 3. The van der Waals surface area contributed by atoms with E-state index in [1.807, 2.05) is 25.1 Å². The highest BCUT2D eigenvalue weighted by atomic mass is 16.5. The zero-order valence-electron chi connectivity index (χ0n) is 16.0. The van der Waals surface area contributed by atoms with Crippen molar-refractivity contribution in [3.8, 4) is 5.75 Å². The molecule has 3 aromatic heterocycles. The van der Waals surface area contributed by atoms with Gasteiger partial charge in [-0.1, -0.05) is 29.8 Å². The van der Waals surface area contributed by atoms with Crippen LogP contribution in [0, 0.1) is 6.92 Å². The lowest BCUT2D eigenvalue weighted by Gasteiger charge is -2.39. The molecule has 0 saturated carbocycles. The number of hydrogen-bond acceptors (Lipinski definition) is 4. The smallest absolute Gasteiger partial charge is 0.253 e. The molecule has 0 radical (unpaired) electrons. The average molecular weight is 384 g/mol. The van der Waals surface area contributed by atoms with Crippen LogP contribution in [0.15, 0.2) is 67.1 Å².